The molecule has 0 saturated carbocycles. The topological polar surface area (TPSA) is 117 Å². The Labute approximate surface area is 364 Å². The van der Waals surface area contributed by atoms with E-state index in [1.54, 1.807) is 0 Å². The van der Waals surface area contributed by atoms with Crippen molar-refractivity contribution in [1.82, 2.24) is 0 Å². The summed E-state index contributed by atoms with van der Waals surface area (Å²) in [6.45, 7) is 4.90. The van der Waals surface area contributed by atoms with E-state index in [0.29, 0.717) is 13.0 Å². The maximum atomic E-state index is 12.6. The first-order valence-corrected chi connectivity index (χ1v) is 26.1. The van der Waals surface area contributed by atoms with Crippen LogP contribution in [0.25, 0.3) is 0 Å². The lowest BCUT2D eigenvalue weighted by Gasteiger charge is -2.20. The Morgan fingerprint density at radius 2 is 0.898 bits per heavy atom. The molecule has 0 bridgehead atoms. The predicted molar refractivity (Wildman–Crippen MR) is 252 cm³/mol. The molecule has 59 heavy (non-hydrogen) atoms. The van der Waals surface area contributed by atoms with Gasteiger partial charge in [0.1, 0.15) is 6.10 Å². The highest BCUT2D eigenvalue weighted by Gasteiger charge is 2.25. The first kappa shape index (κ1) is 57.5. The zero-order chi connectivity index (χ0) is 43.0. The van der Waals surface area contributed by atoms with Crippen LogP contribution in [0.3, 0.4) is 0 Å². The number of esters is 1. The molecular formula is C50H94NO7P. The van der Waals surface area contributed by atoms with Crippen molar-refractivity contribution in [2.75, 3.05) is 33.0 Å². The molecule has 0 aliphatic carbocycles. The summed E-state index contributed by atoms with van der Waals surface area (Å²) in [4.78, 5) is 22.5. The summed E-state index contributed by atoms with van der Waals surface area (Å²) in [6.07, 6.45) is 57.1. The van der Waals surface area contributed by atoms with E-state index in [2.05, 4.69) is 62.5 Å². The van der Waals surface area contributed by atoms with Crippen LogP contribution in [-0.2, 0) is 27.9 Å². The van der Waals surface area contributed by atoms with Crippen LogP contribution >= 0.6 is 7.82 Å². The van der Waals surface area contributed by atoms with Crippen LogP contribution in [0.4, 0.5) is 0 Å². The van der Waals surface area contributed by atoms with Crippen molar-refractivity contribution in [3.8, 4) is 0 Å². The third-order valence-electron chi connectivity index (χ3n) is 10.5. The van der Waals surface area contributed by atoms with Gasteiger partial charge in [0.25, 0.3) is 0 Å². The van der Waals surface area contributed by atoms with E-state index in [1.165, 1.54) is 148 Å². The minimum atomic E-state index is -4.28. The highest BCUT2D eigenvalue weighted by Crippen LogP contribution is 2.43. The van der Waals surface area contributed by atoms with Crippen LogP contribution in [0.15, 0.2) is 48.6 Å². The lowest BCUT2D eigenvalue weighted by Crippen LogP contribution is -2.28. The van der Waals surface area contributed by atoms with Gasteiger partial charge in [-0.1, -0.05) is 191 Å². The Morgan fingerprint density at radius 1 is 0.508 bits per heavy atom. The number of phosphoric ester groups is 1. The largest absolute Gasteiger partial charge is 0.472 e. The molecule has 2 atom stereocenters. The average molecular weight is 852 g/mol. The lowest BCUT2D eigenvalue weighted by molar-refractivity contribution is -0.154. The fourth-order valence-corrected chi connectivity index (χ4v) is 7.59. The minimum absolute atomic E-state index is 0.0978. The van der Waals surface area contributed by atoms with Crippen molar-refractivity contribution in [3.63, 3.8) is 0 Å². The first-order valence-electron chi connectivity index (χ1n) is 24.6. The summed E-state index contributed by atoms with van der Waals surface area (Å²) in [6, 6.07) is 0. The quantitative estimate of drug-likeness (QED) is 0.0269. The Bertz CT molecular complexity index is 1050. The van der Waals surface area contributed by atoms with Crippen LogP contribution in [0, 0.1) is 0 Å². The molecule has 0 saturated heterocycles. The summed E-state index contributed by atoms with van der Waals surface area (Å²) >= 11 is 0. The van der Waals surface area contributed by atoms with E-state index >= 15 is 0 Å². The maximum Gasteiger partial charge on any atom is 0.472 e. The molecule has 0 amide bonds. The SMILES string of the molecule is CCCCCCC/C=C\C/C=C\C/C=C\CCCCCCCCCCCCCOCC(COP(=O)(O)OCCN)OC(=O)CCCCCCC/C=C\CCCCCCC. The Balaban J connectivity index is 3.92. The molecule has 0 aromatic rings. The number of carbonyl (C=O) groups excluding carboxylic acids is 1. The van der Waals surface area contributed by atoms with Crippen molar-refractivity contribution in [2.45, 2.75) is 232 Å². The zero-order valence-corrected chi connectivity index (χ0v) is 39.4. The van der Waals surface area contributed by atoms with Crippen LogP contribution < -0.4 is 5.73 Å². The summed E-state index contributed by atoms with van der Waals surface area (Å²) in [5.74, 6) is -0.340. The molecule has 0 spiro atoms. The number of phosphoric acid groups is 1. The average Bonchev–Trinajstić information content (AvgIpc) is 3.23. The van der Waals surface area contributed by atoms with Gasteiger partial charge in [0.05, 0.1) is 19.8 Å². The van der Waals surface area contributed by atoms with Crippen molar-refractivity contribution in [1.29, 1.82) is 0 Å². The van der Waals surface area contributed by atoms with Gasteiger partial charge in [-0.3, -0.25) is 13.8 Å². The van der Waals surface area contributed by atoms with Crippen LogP contribution in [0.5, 0.6) is 0 Å². The molecule has 0 fully saturated rings. The van der Waals surface area contributed by atoms with E-state index in [4.69, 9.17) is 24.3 Å². The number of ether oxygens (including phenoxy) is 2. The molecule has 0 rings (SSSR count). The molecule has 346 valence electrons. The Morgan fingerprint density at radius 3 is 1.36 bits per heavy atom. The molecule has 0 heterocycles. The molecule has 0 aromatic carbocycles. The summed E-state index contributed by atoms with van der Waals surface area (Å²) < 4.78 is 33.5. The van der Waals surface area contributed by atoms with E-state index in [0.717, 1.165) is 57.8 Å². The van der Waals surface area contributed by atoms with Crippen molar-refractivity contribution < 1.29 is 32.8 Å². The third kappa shape index (κ3) is 47.4. The Hall–Kier alpha value is -1.54. The number of hydrogen-bond acceptors (Lipinski definition) is 7. The number of hydrogen-bond donors (Lipinski definition) is 2. The summed E-state index contributed by atoms with van der Waals surface area (Å²) in [7, 11) is -4.28. The van der Waals surface area contributed by atoms with Crippen molar-refractivity contribution >= 4 is 13.8 Å². The molecule has 2 unspecified atom stereocenters. The number of allylic oxidation sites excluding steroid dienone is 8. The highest BCUT2D eigenvalue weighted by molar-refractivity contribution is 7.47. The monoisotopic (exact) mass is 852 g/mol. The number of nitrogens with two attached hydrogens (primary N) is 1. The second-order valence-corrected chi connectivity index (χ2v) is 17.8. The highest BCUT2D eigenvalue weighted by atomic mass is 31.2. The second-order valence-electron chi connectivity index (χ2n) is 16.3. The molecule has 3 N–H and O–H groups in total. The lowest BCUT2D eigenvalue weighted by atomic mass is 10.1. The smallest absolute Gasteiger partial charge is 0.457 e. The van der Waals surface area contributed by atoms with Gasteiger partial charge in [-0.05, 0) is 77.0 Å². The summed E-state index contributed by atoms with van der Waals surface area (Å²) in [5.41, 5.74) is 5.38. The first-order chi connectivity index (χ1) is 28.9. The van der Waals surface area contributed by atoms with Gasteiger partial charge in [0.2, 0.25) is 0 Å². The molecule has 0 radical (unpaired) electrons. The fourth-order valence-electron chi connectivity index (χ4n) is 6.82. The molecule has 8 nitrogen and oxygen atoms in total. The Kier molecular flexibility index (Phi) is 46.3. The van der Waals surface area contributed by atoms with Crippen LogP contribution in [0.1, 0.15) is 226 Å². The standard InChI is InChI=1S/C50H94NO7P/c1-3-5-7-9-11-13-15-17-19-20-21-22-23-24-25-26-27-28-29-30-32-34-36-38-40-42-45-55-47-49(48-57-59(53,54)56-46-44-51)58-50(52)43-41-39-37-35-33-31-18-16-14-12-10-8-6-4-2/h15-18,20-21,23-24,49H,3-14,19,22,25-48,51H2,1-2H3,(H,53,54)/b17-15-,18-16-,21-20-,24-23-. The summed E-state index contributed by atoms with van der Waals surface area (Å²) in [5, 5.41) is 0. The van der Waals surface area contributed by atoms with E-state index in [1.807, 2.05) is 0 Å². The van der Waals surface area contributed by atoms with Gasteiger partial charge in [0.15, 0.2) is 0 Å². The van der Waals surface area contributed by atoms with Crippen LogP contribution in [0.2, 0.25) is 0 Å². The van der Waals surface area contributed by atoms with E-state index < -0.39 is 13.9 Å². The van der Waals surface area contributed by atoms with E-state index in [9.17, 15) is 14.3 Å². The van der Waals surface area contributed by atoms with Crippen LogP contribution in [-0.4, -0.2) is 49.9 Å². The predicted octanol–water partition coefficient (Wildman–Crippen LogP) is 15.1. The number of rotatable bonds is 47. The molecule has 0 aliphatic rings. The zero-order valence-electron chi connectivity index (χ0n) is 38.5. The maximum absolute atomic E-state index is 12.6. The van der Waals surface area contributed by atoms with Gasteiger partial charge >= 0.3 is 13.8 Å². The second kappa shape index (κ2) is 47.5. The minimum Gasteiger partial charge on any atom is -0.457 e. The van der Waals surface area contributed by atoms with Gasteiger partial charge in [-0.25, -0.2) is 4.57 Å². The third-order valence-corrected chi connectivity index (χ3v) is 11.5. The normalized spacial score (nSPS) is 13.8. The molecule has 0 aliphatic heterocycles. The molecule has 9 heteroatoms. The number of carbonyl (C=O) groups is 1. The molecule has 0 aromatic heterocycles. The number of unbranched alkanes of at least 4 members (excludes halogenated alkanes) is 26. The van der Waals surface area contributed by atoms with Gasteiger partial charge < -0.3 is 20.1 Å². The molecular weight excluding hydrogens is 758 g/mol. The van der Waals surface area contributed by atoms with Crippen molar-refractivity contribution in [3.05, 3.63) is 48.6 Å². The van der Waals surface area contributed by atoms with Gasteiger partial charge in [0, 0.05) is 19.6 Å². The van der Waals surface area contributed by atoms with Gasteiger partial charge in [-0.15, -0.1) is 0 Å². The van der Waals surface area contributed by atoms with E-state index in [-0.39, 0.29) is 32.3 Å². The van der Waals surface area contributed by atoms with Crippen molar-refractivity contribution in [2.24, 2.45) is 5.73 Å². The fraction of sp³-hybridized carbons (Fsp3) is 0.820. The van der Waals surface area contributed by atoms with Gasteiger partial charge in [-0.2, -0.15) is 0 Å².